The lowest BCUT2D eigenvalue weighted by Gasteiger charge is -2.40. The zero-order valence-electron chi connectivity index (χ0n) is 14.4. The van der Waals surface area contributed by atoms with Gasteiger partial charge in [-0.05, 0) is 18.6 Å². The van der Waals surface area contributed by atoms with Gasteiger partial charge in [0.2, 0.25) is 11.9 Å². The third-order valence-corrected chi connectivity index (χ3v) is 5.25. The zero-order chi connectivity index (χ0) is 18.1. The molecule has 1 aliphatic heterocycles. The number of aromatic nitrogens is 4. The molecule has 0 spiro atoms. The van der Waals surface area contributed by atoms with Crippen LogP contribution in [0.25, 0.3) is 10.3 Å². The zero-order valence-corrected chi connectivity index (χ0v) is 15.2. The second-order valence-electron chi connectivity index (χ2n) is 6.33. The smallest absolute Gasteiger partial charge is 0.227 e. The maximum absolute atomic E-state index is 12.6. The summed E-state index contributed by atoms with van der Waals surface area (Å²) in [5.74, 6) is 1.12. The summed E-state index contributed by atoms with van der Waals surface area (Å²) in [6.07, 6.45) is 3.82. The van der Waals surface area contributed by atoms with E-state index in [0.29, 0.717) is 26.1 Å². The molecule has 1 saturated heterocycles. The fraction of sp³-hybridized carbons (Fsp3) is 0.353. The normalized spacial score (nSPS) is 17.7. The highest BCUT2D eigenvalue weighted by molar-refractivity contribution is 7.16. The van der Waals surface area contributed by atoms with E-state index in [4.69, 9.17) is 5.73 Å². The number of carbonyl (C=O) groups excluding carboxylic acids is 1. The molecule has 8 nitrogen and oxygen atoms in total. The number of amides is 1. The third-order valence-electron chi connectivity index (χ3n) is 4.53. The van der Waals surface area contributed by atoms with Gasteiger partial charge in [0.15, 0.2) is 10.6 Å². The van der Waals surface area contributed by atoms with E-state index < -0.39 is 0 Å². The van der Waals surface area contributed by atoms with Crippen molar-refractivity contribution in [3.8, 4) is 0 Å². The molecule has 2 N–H and O–H groups in total. The fourth-order valence-corrected chi connectivity index (χ4v) is 3.91. The van der Waals surface area contributed by atoms with Gasteiger partial charge in [-0.1, -0.05) is 6.07 Å². The Bertz CT molecular complexity index is 929. The first kappa shape index (κ1) is 16.6. The number of piperazine rings is 1. The first-order valence-corrected chi connectivity index (χ1v) is 9.30. The number of carbonyl (C=O) groups is 1. The number of fused-ring (bicyclic) bond motifs is 1. The van der Waals surface area contributed by atoms with Crippen molar-refractivity contribution in [1.29, 1.82) is 0 Å². The molecule has 0 aliphatic carbocycles. The molecule has 0 bridgehead atoms. The average molecular weight is 369 g/mol. The molecule has 134 valence electrons. The van der Waals surface area contributed by atoms with Gasteiger partial charge in [0.25, 0.3) is 0 Å². The minimum atomic E-state index is 0.112. The van der Waals surface area contributed by atoms with E-state index in [1.807, 2.05) is 17.0 Å². The number of pyridine rings is 1. The van der Waals surface area contributed by atoms with Gasteiger partial charge in [0.1, 0.15) is 5.52 Å². The average Bonchev–Trinajstić information content (AvgIpc) is 3.10. The van der Waals surface area contributed by atoms with Crippen molar-refractivity contribution < 1.29 is 4.79 Å². The maximum atomic E-state index is 12.6. The summed E-state index contributed by atoms with van der Waals surface area (Å²) in [7, 11) is 0. The summed E-state index contributed by atoms with van der Waals surface area (Å²) in [5.41, 5.74) is 9.31. The predicted molar refractivity (Wildman–Crippen MR) is 101 cm³/mol. The van der Waals surface area contributed by atoms with Gasteiger partial charge in [0.05, 0.1) is 11.9 Å². The number of hydrogen-bond donors (Lipinski definition) is 1. The van der Waals surface area contributed by atoms with Gasteiger partial charge in [-0.2, -0.15) is 4.98 Å². The van der Waals surface area contributed by atoms with E-state index in [2.05, 4.69) is 31.8 Å². The minimum Gasteiger partial charge on any atom is -0.368 e. The molecule has 0 unspecified atom stereocenters. The van der Waals surface area contributed by atoms with Crippen LogP contribution in [-0.4, -0.2) is 56.4 Å². The van der Waals surface area contributed by atoms with E-state index in [1.54, 1.807) is 17.9 Å². The number of anilines is 2. The summed E-state index contributed by atoms with van der Waals surface area (Å²) in [5, 5.41) is 0. The predicted octanol–water partition coefficient (Wildman–Crippen LogP) is 1.34. The molecule has 26 heavy (non-hydrogen) atoms. The molecular formula is C17H19N7OS. The van der Waals surface area contributed by atoms with Crippen molar-refractivity contribution in [2.75, 3.05) is 30.3 Å². The van der Waals surface area contributed by atoms with E-state index in [1.165, 1.54) is 11.3 Å². The van der Waals surface area contributed by atoms with E-state index in [-0.39, 0.29) is 17.9 Å². The monoisotopic (exact) mass is 369 g/mol. The highest BCUT2D eigenvalue weighted by Gasteiger charge is 2.29. The molecule has 1 atom stereocenters. The molecule has 0 radical (unpaired) electrons. The van der Waals surface area contributed by atoms with E-state index >= 15 is 0 Å². The molecule has 4 rings (SSSR count). The molecule has 4 heterocycles. The molecule has 3 aromatic heterocycles. The van der Waals surface area contributed by atoms with Gasteiger partial charge >= 0.3 is 0 Å². The Labute approximate surface area is 154 Å². The lowest BCUT2D eigenvalue weighted by molar-refractivity contribution is -0.131. The standard InChI is InChI=1S/C17H19N7OS/c1-11-9-23(13(25)7-12-3-2-4-19-8-12)5-6-24(11)15-14-16(26-10-20-14)22-17(18)21-15/h2-4,8,10-11H,5-7,9H2,1H3,(H2,18,21,22)/t11-/m0/s1. The Morgan fingerprint density at radius 2 is 2.27 bits per heavy atom. The Kier molecular flexibility index (Phi) is 4.37. The van der Waals surface area contributed by atoms with Crippen molar-refractivity contribution in [3.05, 3.63) is 35.6 Å². The van der Waals surface area contributed by atoms with Crippen molar-refractivity contribution >= 4 is 39.4 Å². The number of nitrogens with two attached hydrogens (primary N) is 1. The summed E-state index contributed by atoms with van der Waals surface area (Å²) < 4.78 is 0. The van der Waals surface area contributed by atoms with Crippen LogP contribution in [0.4, 0.5) is 11.8 Å². The van der Waals surface area contributed by atoms with Gasteiger partial charge in [0, 0.05) is 38.1 Å². The van der Waals surface area contributed by atoms with Gasteiger partial charge in [-0.15, -0.1) is 11.3 Å². The molecule has 0 saturated carbocycles. The van der Waals surface area contributed by atoms with Gasteiger partial charge in [-0.3, -0.25) is 9.78 Å². The fourth-order valence-electron chi connectivity index (χ4n) is 3.25. The Hall–Kier alpha value is -2.81. The first-order chi connectivity index (χ1) is 12.6. The molecular weight excluding hydrogens is 350 g/mol. The lowest BCUT2D eigenvalue weighted by atomic mass is 10.1. The minimum absolute atomic E-state index is 0.112. The second-order valence-corrected chi connectivity index (χ2v) is 7.16. The summed E-state index contributed by atoms with van der Waals surface area (Å²) >= 11 is 1.45. The van der Waals surface area contributed by atoms with Crippen molar-refractivity contribution in [3.63, 3.8) is 0 Å². The molecule has 3 aromatic rings. The Balaban J connectivity index is 1.50. The summed E-state index contributed by atoms with van der Waals surface area (Å²) in [4.78, 5) is 34.6. The van der Waals surface area contributed by atoms with E-state index in [9.17, 15) is 4.79 Å². The third kappa shape index (κ3) is 3.17. The van der Waals surface area contributed by atoms with Crippen LogP contribution >= 0.6 is 11.3 Å². The highest BCUT2D eigenvalue weighted by atomic mass is 32.1. The topological polar surface area (TPSA) is 101 Å². The number of thiazole rings is 1. The van der Waals surface area contributed by atoms with Crippen LogP contribution < -0.4 is 10.6 Å². The van der Waals surface area contributed by atoms with Crippen LogP contribution in [0.2, 0.25) is 0 Å². The molecule has 1 aliphatic rings. The van der Waals surface area contributed by atoms with Gasteiger partial charge in [-0.25, -0.2) is 9.97 Å². The quantitative estimate of drug-likeness (QED) is 0.743. The number of hydrogen-bond acceptors (Lipinski definition) is 8. The van der Waals surface area contributed by atoms with Crippen molar-refractivity contribution in [2.24, 2.45) is 0 Å². The SMILES string of the molecule is C[C@H]1CN(C(=O)Cc2cccnc2)CCN1c1nc(N)nc2scnc12. The number of nitrogens with zero attached hydrogens (tertiary/aromatic N) is 6. The summed E-state index contributed by atoms with van der Waals surface area (Å²) in [6.45, 7) is 4.04. The van der Waals surface area contributed by atoms with Crippen LogP contribution in [0, 0.1) is 0 Å². The van der Waals surface area contributed by atoms with Crippen LogP contribution in [0.1, 0.15) is 12.5 Å². The maximum Gasteiger partial charge on any atom is 0.227 e. The van der Waals surface area contributed by atoms with Crippen LogP contribution in [-0.2, 0) is 11.2 Å². The van der Waals surface area contributed by atoms with Crippen molar-refractivity contribution in [1.82, 2.24) is 24.8 Å². The second kappa shape index (κ2) is 6.83. The molecule has 1 amide bonds. The largest absolute Gasteiger partial charge is 0.368 e. The van der Waals surface area contributed by atoms with Crippen molar-refractivity contribution in [2.45, 2.75) is 19.4 Å². The Morgan fingerprint density at radius 1 is 1.38 bits per heavy atom. The van der Waals surface area contributed by atoms with Crippen LogP contribution in [0.5, 0.6) is 0 Å². The highest BCUT2D eigenvalue weighted by Crippen LogP contribution is 2.28. The van der Waals surface area contributed by atoms with E-state index in [0.717, 1.165) is 21.7 Å². The molecule has 1 fully saturated rings. The van der Waals surface area contributed by atoms with Crippen LogP contribution in [0.3, 0.4) is 0 Å². The van der Waals surface area contributed by atoms with Gasteiger partial charge < -0.3 is 15.5 Å². The number of rotatable bonds is 3. The molecule has 9 heteroatoms. The lowest BCUT2D eigenvalue weighted by Crippen LogP contribution is -2.54. The Morgan fingerprint density at radius 3 is 3.04 bits per heavy atom. The van der Waals surface area contributed by atoms with Crippen LogP contribution in [0.15, 0.2) is 30.0 Å². The number of nitrogen functional groups attached to an aromatic ring is 1. The molecule has 0 aromatic carbocycles. The first-order valence-electron chi connectivity index (χ1n) is 8.42. The summed E-state index contributed by atoms with van der Waals surface area (Å²) in [6, 6.07) is 3.88.